The van der Waals surface area contributed by atoms with Gasteiger partial charge in [0.15, 0.2) is 6.29 Å². The second kappa shape index (κ2) is 44.6. The number of hydrogen-bond acceptors (Lipinski definition) is 10. The van der Waals surface area contributed by atoms with E-state index < -0.39 is 49.5 Å². The van der Waals surface area contributed by atoms with E-state index in [2.05, 4.69) is 79.9 Å². The highest BCUT2D eigenvalue weighted by Gasteiger charge is 2.44. The molecule has 380 valence electrons. The summed E-state index contributed by atoms with van der Waals surface area (Å²) in [6.45, 7) is 4.11. The number of unbranched alkanes of at least 4 members (excludes halogenated alkanes) is 20. The SMILES string of the molecule is CCC/C=C/CC/C=C/CC/C=C/C(O)C(COC1OC(CO)C(O)C(O)C1O)NC(=O)CCCCCCCC/C=C\C=C/CCCCCOC(=O)CCCCCCC/C=C\CCCCC. The lowest BCUT2D eigenvalue weighted by Crippen LogP contribution is -2.60. The van der Waals surface area contributed by atoms with Gasteiger partial charge >= 0.3 is 5.97 Å². The summed E-state index contributed by atoms with van der Waals surface area (Å²) in [4.78, 5) is 25.0. The summed E-state index contributed by atoms with van der Waals surface area (Å²) in [5.74, 6) is -0.278. The zero-order valence-corrected chi connectivity index (χ0v) is 41.4. The van der Waals surface area contributed by atoms with Crippen LogP contribution in [0.5, 0.6) is 0 Å². The van der Waals surface area contributed by atoms with Crippen molar-refractivity contribution in [3.8, 4) is 0 Å². The Morgan fingerprint density at radius 2 is 1.06 bits per heavy atom. The summed E-state index contributed by atoms with van der Waals surface area (Å²) in [6, 6.07) is -0.852. The predicted molar refractivity (Wildman–Crippen MR) is 269 cm³/mol. The largest absolute Gasteiger partial charge is 0.466 e. The summed E-state index contributed by atoms with van der Waals surface area (Å²) in [6.07, 6.45) is 47.0. The van der Waals surface area contributed by atoms with Crippen LogP contribution in [0, 0.1) is 0 Å². The summed E-state index contributed by atoms with van der Waals surface area (Å²) in [5.41, 5.74) is 0. The molecular weight excluding hydrogens is 835 g/mol. The lowest BCUT2D eigenvalue weighted by molar-refractivity contribution is -0.302. The van der Waals surface area contributed by atoms with Gasteiger partial charge < -0.3 is 45.1 Å². The number of amides is 1. The fraction of sp³-hybridized carbons (Fsp3) is 0.745. The second-order valence-corrected chi connectivity index (χ2v) is 17.9. The Kier molecular flexibility index (Phi) is 41.3. The van der Waals surface area contributed by atoms with Gasteiger partial charge in [-0.05, 0) is 109 Å². The monoisotopic (exact) mass is 930 g/mol. The van der Waals surface area contributed by atoms with Crippen molar-refractivity contribution in [1.82, 2.24) is 5.32 Å². The fourth-order valence-electron chi connectivity index (χ4n) is 7.51. The number of esters is 1. The first-order valence-corrected chi connectivity index (χ1v) is 26.2. The quantitative estimate of drug-likeness (QED) is 0.0149. The number of carbonyl (C=O) groups is 2. The van der Waals surface area contributed by atoms with Gasteiger partial charge in [-0.15, -0.1) is 0 Å². The fourth-order valence-corrected chi connectivity index (χ4v) is 7.51. The van der Waals surface area contributed by atoms with Crippen LogP contribution in [0.1, 0.15) is 200 Å². The zero-order valence-electron chi connectivity index (χ0n) is 41.4. The van der Waals surface area contributed by atoms with E-state index in [1.54, 1.807) is 6.08 Å². The van der Waals surface area contributed by atoms with Crippen LogP contribution in [0.3, 0.4) is 0 Å². The van der Waals surface area contributed by atoms with Gasteiger partial charge in [-0.2, -0.15) is 0 Å². The normalized spacial score (nSPS) is 20.3. The van der Waals surface area contributed by atoms with Gasteiger partial charge in [-0.25, -0.2) is 0 Å². The number of allylic oxidation sites excluding steroid dienone is 11. The first kappa shape index (κ1) is 61.1. The van der Waals surface area contributed by atoms with Crippen LogP contribution in [0.2, 0.25) is 0 Å². The van der Waals surface area contributed by atoms with E-state index in [4.69, 9.17) is 14.2 Å². The molecule has 66 heavy (non-hydrogen) atoms. The second-order valence-electron chi connectivity index (χ2n) is 17.9. The van der Waals surface area contributed by atoms with Gasteiger partial charge in [0, 0.05) is 12.8 Å². The molecule has 1 amide bonds. The van der Waals surface area contributed by atoms with E-state index in [0.717, 1.165) is 109 Å². The predicted octanol–water partition coefficient (Wildman–Crippen LogP) is 10.9. The van der Waals surface area contributed by atoms with Crippen LogP contribution in [-0.2, 0) is 23.8 Å². The number of ether oxygens (including phenoxy) is 3. The van der Waals surface area contributed by atoms with E-state index in [0.29, 0.717) is 32.3 Å². The Labute approximate surface area is 400 Å². The van der Waals surface area contributed by atoms with Crippen LogP contribution in [0.15, 0.2) is 72.9 Å². The number of aliphatic hydroxyl groups excluding tert-OH is 5. The minimum Gasteiger partial charge on any atom is -0.466 e. The molecule has 1 fully saturated rings. The van der Waals surface area contributed by atoms with Crippen molar-refractivity contribution in [2.75, 3.05) is 19.8 Å². The van der Waals surface area contributed by atoms with Crippen LogP contribution in [-0.4, -0.2) is 100 Å². The minimum atomic E-state index is -1.59. The van der Waals surface area contributed by atoms with E-state index in [1.807, 2.05) is 6.08 Å². The molecule has 7 atom stereocenters. The molecule has 6 N–H and O–H groups in total. The Balaban J connectivity index is 2.20. The van der Waals surface area contributed by atoms with E-state index in [9.17, 15) is 35.1 Å². The molecule has 0 bridgehead atoms. The lowest BCUT2D eigenvalue weighted by Gasteiger charge is -2.40. The van der Waals surface area contributed by atoms with E-state index in [1.165, 1.54) is 51.4 Å². The van der Waals surface area contributed by atoms with Gasteiger partial charge in [0.2, 0.25) is 5.91 Å². The average Bonchev–Trinajstić information content (AvgIpc) is 3.31. The minimum absolute atomic E-state index is 0.0542. The molecule has 1 saturated heterocycles. The Bertz CT molecular complexity index is 1330. The lowest BCUT2D eigenvalue weighted by atomic mass is 9.99. The molecule has 0 aromatic carbocycles. The van der Waals surface area contributed by atoms with Crippen LogP contribution < -0.4 is 5.32 Å². The molecule has 0 aromatic heterocycles. The molecular formula is C55H95NO10. The first-order valence-electron chi connectivity index (χ1n) is 26.2. The summed E-state index contributed by atoms with van der Waals surface area (Å²) >= 11 is 0. The Morgan fingerprint density at radius 1 is 0.561 bits per heavy atom. The molecule has 11 heteroatoms. The maximum atomic E-state index is 13.0. The van der Waals surface area contributed by atoms with Crippen LogP contribution in [0.25, 0.3) is 0 Å². The van der Waals surface area contributed by atoms with E-state index in [-0.39, 0.29) is 18.5 Å². The summed E-state index contributed by atoms with van der Waals surface area (Å²) in [7, 11) is 0. The van der Waals surface area contributed by atoms with Gasteiger partial charge in [0.1, 0.15) is 24.4 Å². The Morgan fingerprint density at radius 3 is 1.65 bits per heavy atom. The number of aliphatic hydroxyl groups is 5. The summed E-state index contributed by atoms with van der Waals surface area (Å²) < 4.78 is 16.6. The highest BCUT2D eigenvalue weighted by atomic mass is 16.7. The maximum Gasteiger partial charge on any atom is 0.305 e. The van der Waals surface area contributed by atoms with E-state index >= 15 is 0 Å². The standard InChI is InChI=1S/C55H95NO10/c1-3-5-7-9-11-13-15-23-27-31-35-39-43-51(60)64-44-40-36-32-28-24-20-18-16-17-19-22-26-30-34-38-42-50(59)56-47(46-65-55-54(63)53(62)52(61)49(45-57)66-55)48(58)41-37-33-29-25-21-14-12-10-8-6-4-2/h8,10-11,13,16,18,20-21,24-25,37,41,47-49,52-55,57-58,61-63H,3-7,9,12,14-15,17,19,22-23,26-36,38-40,42-46H2,1-2H3,(H,56,59)/b10-8+,13-11-,18-16-,24-20-,25-21+,41-37+. The number of rotatable bonds is 43. The molecule has 1 rings (SSSR count). The molecule has 7 unspecified atom stereocenters. The van der Waals surface area contributed by atoms with Crippen molar-refractivity contribution < 1.29 is 49.3 Å². The average molecular weight is 930 g/mol. The van der Waals surface area contributed by atoms with Crippen molar-refractivity contribution in [2.45, 2.75) is 243 Å². The van der Waals surface area contributed by atoms with Gasteiger partial charge in [0.25, 0.3) is 0 Å². The molecule has 0 spiro atoms. The molecule has 0 aliphatic carbocycles. The van der Waals surface area contributed by atoms with Crippen molar-refractivity contribution >= 4 is 11.9 Å². The highest BCUT2D eigenvalue weighted by Crippen LogP contribution is 2.22. The topological polar surface area (TPSA) is 175 Å². The van der Waals surface area contributed by atoms with Crippen LogP contribution >= 0.6 is 0 Å². The molecule has 11 nitrogen and oxygen atoms in total. The van der Waals surface area contributed by atoms with Crippen molar-refractivity contribution in [3.05, 3.63) is 72.9 Å². The molecule has 1 heterocycles. The van der Waals surface area contributed by atoms with Crippen molar-refractivity contribution in [2.24, 2.45) is 0 Å². The third kappa shape index (κ3) is 34.4. The highest BCUT2D eigenvalue weighted by molar-refractivity contribution is 5.76. The van der Waals surface area contributed by atoms with Gasteiger partial charge in [-0.1, -0.05) is 151 Å². The first-order chi connectivity index (χ1) is 32.2. The molecule has 1 aliphatic rings. The molecule has 0 aromatic rings. The van der Waals surface area contributed by atoms with Crippen LogP contribution in [0.4, 0.5) is 0 Å². The third-order valence-corrected chi connectivity index (χ3v) is 11.7. The smallest absolute Gasteiger partial charge is 0.305 e. The third-order valence-electron chi connectivity index (χ3n) is 11.7. The zero-order chi connectivity index (χ0) is 48.1. The van der Waals surface area contributed by atoms with Crippen molar-refractivity contribution in [1.29, 1.82) is 0 Å². The number of nitrogens with one attached hydrogen (secondary N) is 1. The van der Waals surface area contributed by atoms with Gasteiger partial charge in [-0.3, -0.25) is 9.59 Å². The van der Waals surface area contributed by atoms with Gasteiger partial charge in [0.05, 0.1) is 32.0 Å². The Hall–Kier alpha value is -2.90. The number of carbonyl (C=O) groups excluding carboxylic acids is 2. The molecule has 0 saturated carbocycles. The summed E-state index contributed by atoms with van der Waals surface area (Å²) in [5, 5.41) is 54.1. The number of hydrogen-bond donors (Lipinski definition) is 6. The maximum absolute atomic E-state index is 13.0. The molecule has 0 radical (unpaired) electrons. The molecule has 1 aliphatic heterocycles. The van der Waals surface area contributed by atoms with Crippen molar-refractivity contribution in [3.63, 3.8) is 0 Å².